The number of likely N-dealkylation sites (tertiary alicyclic amines) is 1. The maximum atomic E-state index is 10.6. The lowest BCUT2D eigenvalue weighted by Gasteiger charge is -2.36. The Bertz CT molecular complexity index is 464. The third-order valence-electron chi connectivity index (χ3n) is 7.20. The van der Waals surface area contributed by atoms with Crippen LogP contribution in [0.3, 0.4) is 0 Å². The number of aliphatic imine (C=N–C) groups is 1. The molecule has 2 saturated carbocycles. The van der Waals surface area contributed by atoms with Crippen molar-refractivity contribution in [3.63, 3.8) is 0 Å². The van der Waals surface area contributed by atoms with Crippen LogP contribution in [0.4, 0.5) is 0 Å². The van der Waals surface area contributed by atoms with E-state index in [2.05, 4.69) is 10.4 Å². The van der Waals surface area contributed by atoms with Crippen LogP contribution < -0.4 is 5.48 Å². The summed E-state index contributed by atoms with van der Waals surface area (Å²) in [5, 5.41) is 10.6. The average Bonchev–Trinajstić information content (AvgIpc) is 3.20. The molecule has 5 nitrogen and oxygen atoms in total. The van der Waals surface area contributed by atoms with Gasteiger partial charge in [-0.25, -0.2) is 15.3 Å². The number of piperidine rings is 1. The molecule has 4 rings (SSSR count). The zero-order valence-corrected chi connectivity index (χ0v) is 16.2. The summed E-state index contributed by atoms with van der Waals surface area (Å²) >= 11 is 0. The number of hydrogen-bond donors (Lipinski definition) is 2. The third kappa shape index (κ3) is 4.60. The zero-order chi connectivity index (χ0) is 17.8. The van der Waals surface area contributed by atoms with E-state index in [0.717, 1.165) is 31.6 Å². The molecule has 2 heterocycles. The lowest BCUT2D eigenvalue weighted by molar-refractivity contribution is -0.0216. The van der Waals surface area contributed by atoms with E-state index in [1.165, 1.54) is 71.0 Å². The van der Waals surface area contributed by atoms with Gasteiger partial charge in [-0.15, -0.1) is 0 Å². The highest BCUT2D eigenvalue weighted by molar-refractivity contribution is 5.86. The predicted octanol–water partition coefficient (Wildman–Crippen LogP) is 3.48. The standard InChI is InChI=1S/C21H37N3O2/c25-19(17-9-5-2-6-10-17)20-22-21(26-23-20)18-11-13-24(14-12-18)15-16-7-3-1-4-8-16/h16-19,21,25H,1-15H2,(H,22,23). The Hall–Kier alpha value is -0.650. The number of aliphatic hydroxyl groups excluding tert-OH is 1. The number of aliphatic hydroxyl groups is 1. The molecule has 2 atom stereocenters. The monoisotopic (exact) mass is 363 g/mol. The number of hydrogen-bond acceptors (Lipinski definition) is 5. The van der Waals surface area contributed by atoms with Crippen molar-refractivity contribution < 1.29 is 9.94 Å². The van der Waals surface area contributed by atoms with E-state index >= 15 is 0 Å². The van der Waals surface area contributed by atoms with E-state index in [0.29, 0.717) is 17.7 Å². The van der Waals surface area contributed by atoms with Crippen LogP contribution in [0.25, 0.3) is 0 Å². The minimum Gasteiger partial charge on any atom is -0.385 e. The minimum atomic E-state index is -0.466. The van der Waals surface area contributed by atoms with Gasteiger partial charge in [0.05, 0.1) is 0 Å². The fourth-order valence-electron chi connectivity index (χ4n) is 5.48. The summed E-state index contributed by atoms with van der Waals surface area (Å²) in [4.78, 5) is 13.2. The fraction of sp³-hybridized carbons (Fsp3) is 0.952. The Labute approximate surface area is 158 Å². The normalized spacial score (nSPS) is 31.6. The van der Waals surface area contributed by atoms with E-state index in [4.69, 9.17) is 9.83 Å². The summed E-state index contributed by atoms with van der Waals surface area (Å²) in [6, 6.07) is 0. The highest BCUT2D eigenvalue weighted by Gasteiger charge is 2.35. The van der Waals surface area contributed by atoms with Gasteiger partial charge in [0.2, 0.25) is 0 Å². The van der Waals surface area contributed by atoms with Gasteiger partial charge < -0.3 is 10.0 Å². The largest absolute Gasteiger partial charge is 0.385 e. The third-order valence-corrected chi connectivity index (χ3v) is 7.20. The van der Waals surface area contributed by atoms with Gasteiger partial charge in [0.15, 0.2) is 12.1 Å². The van der Waals surface area contributed by atoms with E-state index in [1.54, 1.807) is 0 Å². The van der Waals surface area contributed by atoms with Gasteiger partial charge in [0.1, 0.15) is 6.10 Å². The Morgan fingerprint density at radius 1 is 0.962 bits per heavy atom. The van der Waals surface area contributed by atoms with Crippen molar-refractivity contribution in [2.24, 2.45) is 22.7 Å². The van der Waals surface area contributed by atoms with Crippen molar-refractivity contribution in [1.29, 1.82) is 0 Å². The summed E-state index contributed by atoms with van der Waals surface area (Å²) in [7, 11) is 0. The SMILES string of the molecule is OC(C1=NC(C2CCN(CC3CCCCC3)CC2)ON1)C1CCCCC1. The van der Waals surface area contributed by atoms with Crippen LogP contribution in [0.15, 0.2) is 4.99 Å². The van der Waals surface area contributed by atoms with Crippen LogP contribution in [0.5, 0.6) is 0 Å². The molecule has 0 bridgehead atoms. The van der Waals surface area contributed by atoms with Gasteiger partial charge in [-0.1, -0.05) is 38.5 Å². The van der Waals surface area contributed by atoms with Crippen molar-refractivity contribution in [2.75, 3.05) is 19.6 Å². The van der Waals surface area contributed by atoms with Crippen molar-refractivity contribution in [3.05, 3.63) is 0 Å². The van der Waals surface area contributed by atoms with Gasteiger partial charge in [0, 0.05) is 12.5 Å². The molecule has 3 fully saturated rings. The van der Waals surface area contributed by atoms with E-state index < -0.39 is 6.10 Å². The number of hydroxylamine groups is 1. The summed E-state index contributed by atoms with van der Waals surface area (Å²) in [6.07, 6.45) is 14.9. The molecular weight excluding hydrogens is 326 g/mol. The molecular formula is C21H37N3O2. The quantitative estimate of drug-likeness (QED) is 0.785. The molecule has 1 saturated heterocycles. The second kappa shape index (κ2) is 9.03. The average molecular weight is 364 g/mol. The van der Waals surface area contributed by atoms with Crippen LogP contribution >= 0.6 is 0 Å². The van der Waals surface area contributed by atoms with Crippen molar-refractivity contribution in [1.82, 2.24) is 10.4 Å². The molecule has 0 aromatic carbocycles. The van der Waals surface area contributed by atoms with Gasteiger partial charge in [-0.05, 0) is 63.5 Å². The Morgan fingerprint density at radius 3 is 2.31 bits per heavy atom. The Kier molecular flexibility index (Phi) is 6.49. The fourth-order valence-corrected chi connectivity index (χ4v) is 5.48. The number of nitrogens with zero attached hydrogens (tertiary/aromatic N) is 2. The van der Waals surface area contributed by atoms with Crippen LogP contribution in [-0.2, 0) is 4.84 Å². The molecule has 2 N–H and O–H groups in total. The smallest absolute Gasteiger partial charge is 0.180 e. The second-order valence-corrected chi connectivity index (χ2v) is 9.11. The van der Waals surface area contributed by atoms with E-state index in [1.807, 2.05) is 0 Å². The van der Waals surface area contributed by atoms with E-state index in [-0.39, 0.29) is 6.23 Å². The van der Waals surface area contributed by atoms with Gasteiger partial charge >= 0.3 is 0 Å². The molecule has 4 aliphatic rings. The molecule has 0 spiro atoms. The van der Waals surface area contributed by atoms with Crippen molar-refractivity contribution in [3.8, 4) is 0 Å². The first-order chi connectivity index (χ1) is 12.8. The van der Waals surface area contributed by atoms with Gasteiger partial charge in [-0.2, -0.15) is 0 Å². The van der Waals surface area contributed by atoms with Crippen molar-refractivity contribution >= 4 is 5.84 Å². The maximum Gasteiger partial charge on any atom is 0.180 e. The Morgan fingerprint density at radius 2 is 1.62 bits per heavy atom. The predicted molar refractivity (Wildman–Crippen MR) is 104 cm³/mol. The van der Waals surface area contributed by atoms with Crippen molar-refractivity contribution in [2.45, 2.75) is 89.4 Å². The van der Waals surface area contributed by atoms with Gasteiger partial charge in [0.25, 0.3) is 0 Å². The minimum absolute atomic E-state index is 0.0972. The van der Waals surface area contributed by atoms with Crippen LogP contribution in [0.2, 0.25) is 0 Å². The maximum absolute atomic E-state index is 10.6. The first-order valence-corrected chi connectivity index (χ1v) is 11.2. The summed E-state index contributed by atoms with van der Waals surface area (Å²) in [5.74, 6) is 2.46. The molecule has 0 amide bonds. The Balaban J connectivity index is 1.23. The molecule has 5 heteroatoms. The lowest BCUT2D eigenvalue weighted by atomic mass is 9.85. The summed E-state index contributed by atoms with van der Waals surface area (Å²) < 4.78 is 0. The van der Waals surface area contributed by atoms with Crippen LogP contribution in [0, 0.1) is 17.8 Å². The van der Waals surface area contributed by atoms with E-state index in [9.17, 15) is 5.11 Å². The first kappa shape index (κ1) is 18.7. The summed E-state index contributed by atoms with van der Waals surface area (Å²) in [6.45, 7) is 3.65. The highest BCUT2D eigenvalue weighted by Crippen LogP contribution is 2.31. The number of rotatable bonds is 5. The number of nitrogens with one attached hydrogen (secondary N) is 1. The molecule has 0 aromatic heterocycles. The molecule has 0 aromatic rings. The topological polar surface area (TPSA) is 57.1 Å². The molecule has 148 valence electrons. The second-order valence-electron chi connectivity index (χ2n) is 9.11. The van der Waals surface area contributed by atoms with Crippen LogP contribution in [-0.4, -0.2) is 47.8 Å². The highest BCUT2D eigenvalue weighted by atomic mass is 16.7. The summed E-state index contributed by atoms with van der Waals surface area (Å²) in [5.41, 5.74) is 2.96. The zero-order valence-electron chi connectivity index (χ0n) is 16.2. The van der Waals surface area contributed by atoms with Crippen LogP contribution in [0.1, 0.15) is 77.0 Å². The lowest BCUT2D eigenvalue weighted by Crippen LogP contribution is -2.40. The molecule has 26 heavy (non-hydrogen) atoms. The van der Waals surface area contributed by atoms with Gasteiger partial charge in [-0.3, -0.25) is 0 Å². The molecule has 2 aliphatic heterocycles. The first-order valence-electron chi connectivity index (χ1n) is 11.2. The number of amidine groups is 1. The molecule has 0 radical (unpaired) electrons. The molecule has 2 aliphatic carbocycles. The molecule has 2 unspecified atom stereocenters.